The summed E-state index contributed by atoms with van der Waals surface area (Å²) in [7, 11) is 1.66. The molecule has 170 valence electrons. The van der Waals surface area contributed by atoms with E-state index in [9.17, 15) is 4.79 Å². The van der Waals surface area contributed by atoms with Crippen molar-refractivity contribution >= 4 is 5.91 Å². The highest BCUT2D eigenvalue weighted by Crippen LogP contribution is 2.32. The van der Waals surface area contributed by atoms with Crippen molar-refractivity contribution in [2.24, 2.45) is 0 Å². The highest BCUT2D eigenvalue weighted by Gasteiger charge is 2.31. The summed E-state index contributed by atoms with van der Waals surface area (Å²) in [5.74, 6) is 0.848. The van der Waals surface area contributed by atoms with E-state index >= 15 is 0 Å². The molecular weight excluding hydrogens is 418 g/mol. The van der Waals surface area contributed by atoms with Crippen LogP contribution in [0.2, 0.25) is 0 Å². The molecule has 5 rings (SSSR count). The Balaban J connectivity index is 1.54. The van der Waals surface area contributed by atoms with Gasteiger partial charge in [-0.1, -0.05) is 84.4 Å². The largest absolute Gasteiger partial charge is 0.497 e. The van der Waals surface area contributed by atoms with Gasteiger partial charge in [0.05, 0.1) is 7.11 Å². The number of amides is 1. The fourth-order valence-corrected chi connectivity index (χ4v) is 5.00. The number of rotatable bonds is 6. The maximum absolute atomic E-state index is 14.2. The van der Waals surface area contributed by atoms with E-state index in [4.69, 9.17) is 4.74 Å². The average molecular weight is 448 g/mol. The second kappa shape index (κ2) is 9.56. The summed E-state index contributed by atoms with van der Waals surface area (Å²) in [5, 5.41) is 0. The third kappa shape index (κ3) is 4.47. The Kier molecular flexibility index (Phi) is 6.18. The number of ether oxygens (including phenoxy) is 1. The van der Waals surface area contributed by atoms with Crippen molar-refractivity contribution in [3.63, 3.8) is 0 Å². The minimum Gasteiger partial charge on any atom is -0.497 e. The number of aryl methyl sites for hydroxylation is 1. The van der Waals surface area contributed by atoms with Gasteiger partial charge in [0.2, 0.25) is 0 Å². The van der Waals surface area contributed by atoms with Crippen LogP contribution in [-0.2, 0) is 19.4 Å². The van der Waals surface area contributed by atoms with Crippen LogP contribution in [-0.4, -0.2) is 24.0 Å². The molecule has 0 atom stereocenters. The monoisotopic (exact) mass is 447 g/mol. The Labute approximate surface area is 201 Å². The summed E-state index contributed by atoms with van der Waals surface area (Å²) < 4.78 is 5.44. The van der Waals surface area contributed by atoms with Gasteiger partial charge in [0.1, 0.15) is 5.75 Å². The first-order valence-corrected chi connectivity index (χ1v) is 11.8. The molecule has 0 heterocycles. The van der Waals surface area contributed by atoms with Crippen LogP contribution >= 0.6 is 0 Å². The van der Waals surface area contributed by atoms with Crippen LogP contribution in [0.4, 0.5) is 0 Å². The van der Waals surface area contributed by atoms with Gasteiger partial charge in [-0.15, -0.1) is 0 Å². The van der Waals surface area contributed by atoms with Crippen molar-refractivity contribution in [2.45, 2.75) is 32.4 Å². The Hall–Kier alpha value is -3.85. The third-order valence-corrected chi connectivity index (χ3v) is 6.70. The van der Waals surface area contributed by atoms with Crippen LogP contribution < -0.4 is 4.74 Å². The van der Waals surface area contributed by atoms with Gasteiger partial charge in [0.15, 0.2) is 0 Å². The minimum absolute atomic E-state index is 0.0673. The molecule has 1 amide bonds. The number of methoxy groups -OCH3 is 1. The third-order valence-electron chi connectivity index (χ3n) is 6.70. The molecule has 0 bridgehead atoms. The molecule has 0 radical (unpaired) electrons. The first-order chi connectivity index (χ1) is 16.6. The fraction of sp³-hybridized carbons (Fsp3) is 0.194. The van der Waals surface area contributed by atoms with E-state index in [2.05, 4.69) is 60.4 Å². The zero-order valence-corrected chi connectivity index (χ0v) is 19.7. The summed E-state index contributed by atoms with van der Waals surface area (Å²) in [5.41, 5.74) is 7.68. The average Bonchev–Trinajstić information content (AvgIpc) is 3.31. The van der Waals surface area contributed by atoms with E-state index in [1.165, 1.54) is 16.7 Å². The van der Waals surface area contributed by atoms with E-state index in [0.29, 0.717) is 6.54 Å². The topological polar surface area (TPSA) is 29.5 Å². The number of carbonyl (C=O) groups excluding carboxylic acids is 1. The quantitative estimate of drug-likeness (QED) is 0.339. The standard InChI is InChI=1S/C31H29NO2/c1-22-9-7-10-23(17-22)21-32(27-18-24-11-3-4-12-25(24)19-27)31(33)30-16-6-5-15-29(30)26-13-8-14-28(20-26)34-2/h3-17,20,27H,18-19,21H2,1-2H3. The van der Waals surface area contributed by atoms with E-state index < -0.39 is 0 Å². The van der Waals surface area contributed by atoms with Crippen LogP contribution in [0.1, 0.15) is 32.6 Å². The second-order valence-corrected chi connectivity index (χ2v) is 9.03. The van der Waals surface area contributed by atoms with Crippen LogP contribution in [0.3, 0.4) is 0 Å². The molecular formula is C31H29NO2. The molecule has 0 fully saturated rings. The maximum Gasteiger partial charge on any atom is 0.255 e. The Morgan fingerprint density at radius 2 is 1.56 bits per heavy atom. The number of nitrogens with zero attached hydrogens (tertiary/aromatic N) is 1. The first-order valence-electron chi connectivity index (χ1n) is 11.8. The Morgan fingerprint density at radius 1 is 0.853 bits per heavy atom. The highest BCUT2D eigenvalue weighted by molar-refractivity contribution is 6.01. The lowest BCUT2D eigenvalue weighted by molar-refractivity contribution is 0.0668. The van der Waals surface area contributed by atoms with Gasteiger partial charge in [-0.3, -0.25) is 4.79 Å². The van der Waals surface area contributed by atoms with Gasteiger partial charge >= 0.3 is 0 Å². The fourth-order valence-electron chi connectivity index (χ4n) is 5.00. The van der Waals surface area contributed by atoms with Crippen LogP contribution in [0.15, 0.2) is 97.1 Å². The molecule has 0 aliphatic heterocycles. The SMILES string of the molecule is COc1cccc(-c2ccccc2C(=O)N(Cc2cccc(C)c2)C2Cc3ccccc3C2)c1. The maximum atomic E-state index is 14.2. The Bertz CT molecular complexity index is 1300. The summed E-state index contributed by atoms with van der Waals surface area (Å²) in [6.07, 6.45) is 1.77. The summed E-state index contributed by atoms with van der Waals surface area (Å²) >= 11 is 0. The van der Waals surface area contributed by atoms with Gasteiger partial charge in [-0.2, -0.15) is 0 Å². The number of hydrogen-bond acceptors (Lipinski definition) is 2. The van der Waals surface area contributed by atoms with Crippen molar-refractivity contribution in [1.29, 1.82) is 0 Å². The van der Waals surface area contributed by atoms with E-state index in [1.807, 2.05) is 48.5 Å². The van der Waals surface area contributed by atoms with Crippen LogP contribution in [0.5, 0.6) is 5.75 Å². The summed E-state index contributed by atoms with van der Waals surface area (Å²) in [6.45, 7) is 2.69. The molecule has 4 aromatic carbocycles. The zero-order valence-electron chi connectivity index (χ0n) is 19.7. The second-order valence-electron chi connectivity index (χ2n) is 9.03. The molecule has 0 unspecified atom stereocenters. The molecule has 1 aliphatic carbocycles. The first kappa shape index (κ1) is 22.0. The molecule has 4 aromatic rings. The zero-order chi connectivity index (χ0) is 23.5. The molecule has 0 saturated carbocycles. The van der Waals surface area contributed by atoms with Gasteiger partial charge in [0, 0.05) is 18.2 Å². The molecule has 0 spiro atoms. The molecule has 34 heavy (non-hydrogen) atoms. The summed E-state index contributed by atoms with van der Waals surface area (Å²) in [6, 6.07) is 33.0. The highest BCUT2D eigenvalue weighted by atomic mass is 16.5. The van der Waals surface area contributed by atoms with Gasteiger partial charge in [-0.05, 0) is 65.8 Å². The molecule has 3 heteroatoms. The van der Waals surface area contributed by atoms with Gasteiger partial charge in [-0.25, -0.2) is 0 Å². The minimum atomic E-state index is 0.0673. The van der Waals surface area contributed by atoms with E-state index in [-0.39, 0.29) is 11.9 Å². The lowest BCUT2D eigenvalue weighted by atomic mass is 9.97. The lowest BCUT2D eigenvalue weighted by Gasteiger charge is -2.30. The molecule has 1 aliphatic rings. The predicted octanol–water partition coefficient (Wildman–Crippen LogP) is 6.48. The number of benzene rings is 4. The van der Waals surface area contributed by atoms with Gasteiger partial charge in [0.25, 0.3) is 5.91 Å². The molecule has 0 N–H and O–H groups in total. The van der Waals surface area contributed by atoms with Crippen LogP contribution in [0.25, 0.3) is 11.1 Å². The molecule has 0 aromatic heterocycles. The smallest absolute Gasteiger partial charge is 0.255 e. The molecule has 3 nitrogen and oxygen atoms in total. The predicted molar refractivity (Wildman–Crippen MR) is 137 cm³/mol. The number of hydrogen-bond donors (Lipinski definition) is 0. The van der Waals surface area contributed by atoms with Crippen molar-refractivity contribution in [3.05, 3.63) is 125 Å². The Morgan fingerprint density at radius 3 is 2.29 bits per heavy atom. The van der Waals surface area contributed by atoms with Crippen LogP contribution in [0, 0.1) is 6.92 Å². The van der Waals surface area contributed by atoms with E-state index in [1.54, 1.807) is 7.11 Å². The van der Waals surface area contributed by atoms with Crippen molar-refractivity contribution in [3.8, 4) is 16.9 Å². The van der Waals surface area contributed by atoms with Crippen molar-refractivity contribution in [2.75, 3.05) is 7.11 Å². The van der Waals surface area contributed by atoms with Crippen molar-refractivity contribution < 1.29 is 9.53 Å². The lowest BCUT2D eigenvalue weighted by Crippen LogP contribution is -2.40. The number of carbonyl (C=O) groups is 1. The van der Waals surface area contributed by atoms with Gasteiger partial charge < -0.3 is 9.64 Å². The molecule has 0 saturated heterocycles. The summed E-state index contributed by atoms with van der Waals surface area (Å²) in [4.78, 5) is 16.3. The normalized spacial score (nSPS) is 12.9. The van der Waals surface area contributed by atoms with Crippen molar-refractivity contribution in [1.82, 2.24) is 4.90 Å². The van der Waals surface area contributed by atoms with E-state index in [0.717, 1.165) is 40.8 Å². The number of fused-ring (bicyclic) bond motifs is 1.